The van der Waals surface area contributed by atoms with E-state index in [1.165, 1.54) is 18.4 Å². The van der Waals surface area contributed by atoms with Crippen molar-refractivity contribution >= 4 is 0 Å². The van der Waals surface area contributed by atoms with E-state index in [-0.39, 0.29) is 12.1 Å². The van der Waals surface area contributed by atoms with Crippen LogP contribution in [-0.2, 0) is 6.42 Å². The van der Waals surface area contributed by atoms with Crippen molar-refractivity contribution in [1.82, 2.24) is 5.32 Å². The first-order chi connectivity index (χ1) is 8.61. The van der Waals surface area contributed by atoms with E-state index in [9.17, 15) is 10.2 Å². The summed E-state index contributed by atoms with van der Waals surface area (Å²) in [4.78, 5) is 0. The molecule has 0 aliphatic heterocycles. The highest BCUT2D eigenvalue weighted by atomic mass is 16.3. The van der Waals surface area contributed by atoms with E-state index in [0.29, 0.717) is 5.75 Å². The largest absolute Gasteiger partial charge is 0.508 e. The van der Waals surface area contributed by atoms with Crippen LogP contribution in [-0.4, -0.2) is 28.9 Å². The summed E-state index contributed by atoms with van der Waals surface area (Å²) in [7, 11) is 0. The standard InChI is InChI=1S/C15H23NO2/c1-15(11-17,16-10-13-2-3-13)9-8-12-4-6-14(18)7-5-12/h4-7,13,16-18H,2-3,8-11H2,1H3. The average Bonchev–Trinajstić information content (AvgIpc) is 3.20. The van der Waals surface area contributed by atoms with Crippen LogP contribution in [0, 0.1) is 5.92 Å². The third-order valence-corrected chi connectivity index (χ3v) is 3.77. The highest BCUT2D eigenvalue weighted by Crippen LogP contribution is 2.28. The molecule has 0 spiro atoms. The number of nitrogens with one attached hydrogen (secondary N) is 1. The lowest BCUT2D eigenvalue weighted by atomic mass is 9.93. The van der Waals surface area contributed by atoms with E-state index in [1.54, 1.807) is 12.1 Å². The van der Waals surface area contributed by atoms with Gasteiger partial charge in [0, 0.05) is 5.54 Å². The van der Waals surface area contributed by atoms with Gasteiger partial charge in [-0.2, -0.15) is 0 Å². The lowest BCUT2D eigenvalue weighted by Crippen LogP contribution is -2.47. The SMILES string of the molecule is CC(CO)(CCc1ccc(O)cc1)NCC1CC1. The Kier molecular flexibility index (Phi) is 4.25. The number of benzene rings is 1. The molecule has 1 atom stereocenters. The number of hydrogen-bond acceptors (Lipinski definition) is 3. The van der Waals surface area contributed by atoms with Crippen molar-refractivity contribution < 1.29 is 10.2 Å². The van der Waals surface area contributed by atoms with Gasteiger partial charge < -0.3 is 15.5 Å². The Balaban J connectivity index is 1.82. The Hall–Kier alpha value is -1.06. The summed E-state index contributed by atoms with van der Waals surface area (Å²) in [5.41, 5.74) is 1.00. The second-order valence-electron chi connectivity index (χ2n) is 5.71. The highest BCUT2D eigenvalue weighted by Gasteiger charge is 2.27. The van der Waals surface area contributed by atoms with Crippen LogP contribution in [0.25, 0.3) is 0 Å². The smallest absolute Gasteiger partial charge is 0.115 e. The molecule has 0 aromatic heterocycles. The molecule has 1 unspecified atom stereocenters. The van der Waals surface area contributed by atoms with Gasteiger partial charge in [0.15, 0.2) is 0 Å². The number of aliphatic hydroxyl groups excluding tert-OH is 1. The normalized spacial score (nSPS) is 18.6. The lowest BCUT2D eigenvalue weighted by molar-refractivity contribution is 0.164. The van der Waals surface area contributed by atoms with Gasteiger partial charge in [-0.15, -0.1) is 0 Å². The number of aromatic hydroxyl groups is 1. The summed E-state index contributed by atoms with van der Waals surface area (Å²) >= 11 is 0. The molecule has 1 aromatic carbocycles. The molecular weight excluding hydrogens is 226 g/mol. The molecule has 18 heavy (non-hydrogen) atoms. The lowest BCUT2D eigenvalue weighted by Gasteiger charge is -2.29. The topological polar surface area (TPSA) is 52.5 Å². The van der Waals surface area contributed by atoms with Crippen LogP contribution < -0.4 is 5.32 Å². The van der Waals surface area contributed by atoms with E-state index in [1.807, 2.05) is 12.1 Å². The van der Waals surface area contributed by atoms with Gasteiger partial charge in [0.05, 0.1) is 6.61 Å². The molecular formula is C15H23NO2. The van der Waals surface area contributed by atoms with Crippen LogP contribution in [0.15, 0.2) is 24.3 Å². The maximum atomic E-state index is 9.54. The summed E-state index contributed by atoms with van der Waals surface area (Å²) in [6.45, 7) is 3.26. The summed E-state index contributed by atoms with van der Waals surface area (Å²) in [5, 5.41) is 22.3. The van der Waals surface area contributed by atoms with Crippen molar-refractivity contribution in [1.29, 1.82) is 0 Å². The Bertz CT molecular complexity index is 373. The van der Waals surface area contributed by atoms with Crippen LogP contribution in [0.5, 0.6) is 5.75 Å². The minimum atomic E-state index is -0.194. The molecule has 0 saturated heterocycles. The van der Waals surface area contributed by atoms with Gasteiger partial charge in [-0.25, -0.2) is 0 Å². The molecule has 1 aromatic rings. The predicted molar refractivity (Wildman–Crippen MR) is 72.6 cm³/mol. The molecule has 0 amide bonds. The Morgan fingerprint density at radius 3 is 2.50 bits per heavy atom. The second kappa shape index (κ2) is 5.72. The molecule has 0 bridgehead atoms. The number of phenolic OH excluding ortho intramolecular Hbond substituents is 1. The Morgan fingerprint density at radius 2 is 1.94 bits per heavy atom. The molecule has 0 radical (unpaired) electrons. The van der Waals surface area contributed by atoms with Crippen LogP contribution in [0.2, 0.25) is 0 Å². The molecule has 3 nitrogen and oxygen atoms in total. The van der Waals surface area contributed by atoms with Gasteiger partial charge in [-0.3, -0.25) is 0 Å². The fourth-order valence-electron chi connectivity index (χ4n) is 2.02. The molecule has 0 heterocycles. The number of aliphatic hydroxyl groups is 1. The second-order valence-corrected chi connectivity index (χ2v) is 5.71. The first kappa shape index (κ1) is 13.4. The maximum Gasteiger partial charge on any atom is 0.115 e. The molecule has 100 valence electrons. The van der Waals surface area contributed by atoms with Crippen LogP contribution in [0.1, 0.15) is 31.7 Å². The van der Waals surface area contributed by atoms with Crippen molar-refractivity contribution in [3.05, 3.63) is 29.8 Å². The molecule has 1 saturated carbocycles. The van der Waals surface area contributed by atoms with Crippen LogP contribution in [0.3, 0.4) is 0 Å². The number of hydrogen-bond donors (Lipinski definition) is 3. The molecule has 3 N–H and O–H groups in total. The van der Waals surface area contributed by atoms with Crippen molar-refractivity contribution in [2.24, 2.45) is 5.92 Å². The summed E-state index contributed by atoms with van der Waals surface area (Å²) in [6, 6.07) is 7.30. The Labute approximate surface area is 109 Å². The zero-order chi connectivity index (χ0) is 13.0. The quantitative estimate of drug-likeness (QED) is 0.693. The van der Waals surface area contributed by atoms with Gasteiger partial charge in [-0.05, 0) is 62.8 Å². The first-order valence-corrected chi connectivity index (χ1v) is 6.75. The van der Waals surface area contributed by atoms with Gasteiger partial charge in [0.25, 0.3) is 0 Å². The predicted octanol–water partition coefficient (Wildman–Crippen LogP) is 2.08. The van der Waals surface area contributed by atoms with Gasteiger partial charge in [-0.1, -0.05) is 12.1 Å². The van der Waals surface area contributed by atoms with Gasteiger partial charge in [0.2, 0.25) is 0 Å². The highest BCUT2D eigenvalue weighted by molar-refractivity contribution is 5.26. The van der Waals surface area contributed by atoms with E-state index in [2.05, 4.69) is 12.2 Å². The fourth-order valence-corrected chi connectivity index (χ4v) is 2.02. The molecule has 3 heteroatoms. The fraction of sp³-hybridized carbons (Fsp3) is 0.600. The first-order valence-electron chi connectivity index (χ1n) is 6.75. The molecule has 1 aliphatic rings. The molecule has 2 rings (SSSR count). The number of aryl methyl sites for hydroxylation is 1. The van der Waals surface area contributed by atoms with Crippen LogP contribution in [0.4, 0.5) is 0 Å². The number of rotatable bonds is 7. The van der Waals surface area contributed by atoms with Crippen molar-refractivity contribution in [3.63, 3.8) is 0 Å². The van der Waals surface area contributed by atoms with Gasteiger partial charge >= 0.3 is 0 Å². The minimum Gasteiger partial charge on any atom is -0.508 e. The van der Waals surface area contributed by atoms with Crippen molar-refractivity contribution in [2.45, 2.75) is 38.1 Å². The van der Waals surface area contributed by atoms with Crippen molar-refractivity contribution in [2.75, 3.05) is 13.2 Å². The monoisotopic (exact) mass is 249 g/mol. The summed E-state index contributed by atoms with van der Waals surface area (Å²) in [5.74, 6) is 1.13. The van der Waals surface area contributed by atoms with E-state index in [0.717, 1.165) is 25.3 Å². The Morgan fingerprint density at radius 1 is 1.28 bits per heavy atom. The van der Waals surface area contributed by atoms with E-state index >= 15 is 0 Å². The minimum absolute atomic E-state index is 0.164. The zero-order valence-electron chi connectivity index (χ0n) is 11.0. The summed E-state index contributed by atoms with van der Waals surface area (Å²) < 4.78 is 0. The third kappa shape index (κ3) is 4.00. The van der Waals surface area contributed by atoms with Gasteiger partial charge in [0.1, 0.15) is 5.75 Å². The number of phenols is 1. The maximum absolute atomic E-state index is 9.54. The molecule has 1 aliphatic carbocycles. The van der Waals surface area contributed by atoms with E-state index < -0.39 is 0 Å². The average molecular weight is 249 g/mol. The zero-order valence-corrected chi connectivity index (χ0v) is 11.0. The summed E-state index contributed by atoms with van der Waals surface area (Å²) in [6.07, 6.45) is 4.47. The van der Waals surface area contributed by atoms with E-state index in [4.69, 9.17) is 0 Å². The van der Waals surface area contributed by atoms with Crippen molar-refractivity contribution in [3.8, 4) is 5.75 Å². The third-order valence-electron chi connectivity index (χ3n) is 3.77. The van der Waals surface area contributed by atoms with Crippen LogP contribution >= 0.6 is 0 Å². The molecule has 1 fully saturated rings.